The molecular weight excluding hydrogens is 342 g/mol. The Morgan fingerprint density at radius 3 is 2.70 bits per heavy atom. The summed E-state index contributed by atoms with van der Waals surface area (Å²) >= 11 is 0. The number of hydrogen-bond donors (Lipinski definition) is 1. The molecule has 0 aliphatic heterocycles. The zero-order chi connectivity index (χ0) is 19.1. The SMILES string of the molecule is CC(C)OCCCNC(=O)c1ccc(COc2ccc3ccccc3c2)o1. The van der Waals surface area contributed by atoms with Crippen molar-refractivity contribution in [2.75, 3.05) is 13.2 Å². The number of carbonyl (C=O) groups excluding carboxylic acids is 1. The number of ether oxygens (including phenoxy) is 2. The van der Waals surface area contributed by atoms with Gasteiger partial charge in [-0.05, 0) is 55.3 Å². The minimum atomic E-state index is -0.225. The van der Waals surface area contributed by atoms with Crippen molar-refractivity contribution in [1.82, 2.24) is 5.32 Å². The predicted octanol–water partition coefficient (Wildman–Crippen LogP) is 4.56. The van der Waals surface area contributed by atoms with Crippen LogP contribution in [0.4, 0.5) is 0 Å². The zero-order valence-corrected chi connectivity index (χ0v) is 15.7. The fourth-order valence-electron chi connectivity index (χ4n) is 2.67. The van der Waals surface area contributed by atoms with E-state index < -0.39 is 0 Å². The molecule has 0 unspecified atom stereocenters. The van der Waals surface area contributed by atoms with Gasteiger partial charge in [0.2, 0.25) is 0 Å². The number of rotatable bonds is 9. The summed E-state index contributed by atoms with van der Waals surface area (Å²) in [4.78, 5) is 12.1. The number of furan rings is 1. The van der Waals surface area contributed by atoms with Crippen molar-refractivity contribution < 1.29 is 18.7 Å². The Morgan fingerprint density at radius 1 is 1.07 bits per heavy atom. The highest BCUT2D eigenvalue weighted by atomic mass is 16.5. The second-order valence-electron chi connectivity index (χ2n) is 6.59. The van der Waals surface area contributed by atoms with Gasteiger partial charge in [-0.2, -0.15) is 0 Å². The Morgan fingerprint density at radius 2 is 1.89 bits per heavy atom. The molecule has 2 aromatic carbocycles. The molecule has 0 spiro atoms. The molecule has 0 bridgehead atoms. The zero-order valence-electron chi connectivity index (χ0n) is 15.7. The summed E-state index contributed by atoms with van der Waals surface area (Å²) in [6.45, 7) is 5.43. The third-order valence-electron chi connectivity index (χ3n) is 4.05. The Bertz CT molecular complexity index is 885. The molecule has 1 N–H and O–H groups in total. The van der Waals surface area contributed by atoms with E-state index in [2.05, 4.69) is 11.4 Å². The standard InChI is InChI=1S/C22H25NO4/c1-16(2)25-13-5-12-23-22(24)21-11-10-20(27-21)15-26-19-9-8-17-6-3-4-7-18(17)14-19/h3-4,6-11,14,16H,5,12-13,15H2,1-2H3,(H,23,24). The first-order chi connectivity index (χ1) is 13.1. The van der Waals surface area contributed by atoms with Crippen molar-refractivity contribution >= 4 is 16.7 Å². The van der Waals surface area contributed by atoms with E-state index in [9.17, 15) is 4.79 Å². The van der Waals surface area contributed by atoms with Crippen LogP contribution in [0.25, 0.3) is 10.8 Å². The molecule has 0 aliphatic rings. The lowest BCUT2D eigenvalue weighted by molar-refractivity contribution is 0.0753. The molecule has 0 saturated heterocycles. The van der Waals surface area contributed by atoms with E-state index in [-0.39, 0.29) is 24.4 Å². The number of carbonyl (C=O) groups is 1. The third-order valence-corrected chi connectivity index (χ3v) is 4.05. The summed E-state index contributed by atoms with van der Waals surface area (Å²) in [5, 5.41) is 5.11. The van der Waals surface area contributed by atoms with Gasteiger partial charge in [0.05, 0.1) is 6.10 Å². The van der Waals surface area contributed by atoms with Crippen LogP contribution in [-0.2, 0) is 11.3 Å². The van der Waals surface area contributed by atoms with Crippen molar-refractivity contribution in [2.24, 2.45) is 0 Å². The average Bonchev–Trinajstić information content (AvgIpc) is 3.15. The second-order valence-corrected chi connectivity index (χ2v) is 6.59. The Kier molecular flexibility index (Phi) is 6.49. The van der Waals surface area contributed by atoms with Crippen LogP contribution in [0.2, 0.25) is 0 Å². The lowest BCUT2D eigenvalue weighted by Gasteiger charge is -2.07. The highest BCUT2D eigenvalue weighted by Gasteiger charge is 2.11. The number of hydrogen-bond acceptors (Lipinski definition) is 4. The normalized spacial score (nSPS) is 11.1. The topological polar surface area (TPSA) is 60.7 Å². The number of benzene rings is 2. The van der Waals surface area contributed by atoms with Crippen LogP contribution in [0, 0.1) is 0 Å². The molecule has 0 radical (unpaired) electrons. The smallest absolute Gasteiger partial charge is 0.286 e. The monoisotopic (exact) mass is 367 g/mol. The molecule has 27 heavy (non-hydrogen) atoms. The van der Waals surface area contributed by atoms with Gasteiger partial charge in [-0.25, -0.2) is 0 Å². The summed E-state index contributed by atoms with van der Waals surface area (Å²) in [5.74, 6) is 1.44. The highest BCUT2D eigenvalue weighted by Crippen LogP contribution is 2.21. The van der Waals surface area contributed by atoms with Crippen molar-refractivity contribution in [3.05, 3.63) is 66.1 Å². The summed E-state index contributed by atoms with van der Waals surface area (Å²) in [6, 6.07) is 17.5. The van der Waals surface area contributed by atoms with Crippen LogP contribution in [0.1, 0.15) is 36.6 Å². The molecule has 1 heterocycles. The largest absolute Gasteiger partial charge is 0.486 e. The summed E-state index contributed by atoms with van der Waals surface area (Å²) in [5.41, 5.74) is 0. The number of fused-ring (bicyclic) bond motifs is 1. The fraction of sp³-hybridized carbons (Fsp3) is 0.318. The van der Waals surface area contributed by atoms with E-state index in [1.807, 2.05) is 50.2 Å². The van der Waals surface area contributed by atoms with Gasteiger partial charge in [0, 0.05) is 13.2 Å². The van der Waals surface area contributed by atoms with Gasteiger partial charge in [0.15, 0.2) is 5.76 Å². The van der Waals surface area contributed by atoms with Gasteiger partial charge < -0.3 is 19.2 Å². The average molecular weight is 367 g/mol. The molecule has 0 aliphatic carbocycles. The minimum Gasteiger partial charge on any atom is -0.486 e. The number of nitrogens with one attached hydrogen (secondary N) is 1. The molecule has 1 amide bonds. The van der Waals surface area contributed by atoms with Gasteiger partial charge in [-0.15, -0.1) is 0 Å². The fourth-order valence-corrected chi connectivity index (χ4v) is 2.67. The van der Waals surface area contributed by atoms with E-state index in [1.165, 1.54) is 5.39 Å². The predicted molar refractivity (Wildman–Crippen MR) is 105 cm³/mol. The first-order valence-electron chi connectivity index (χ1n) is 9.22. The molecule has 5 heteroatoms. The molecule has 0 saturated carbocycles. The first kappa shape index (κ1) is 19.0. The first-order valence-corrected chi connectivity index (χ1v) is 9.22. The Hall–Kier alpha value is -2.79. The maximum Gasteiger partial charge on any atom is 0.286 e. The Labute approximate surface area is 159 Å². The van der Waals surface area contributed by atoms with Crippen molar-refractivity contribution in [3.63, 3.8) is 0 Å². The van der Waals surface area contributed by atoms with Gasteiger partial charge in [0.1, 0.15) is 18.1 Å². The van der Waals surface area contributed by atoms with E-state index in [1.54, 1.807) is 12.1 Å². The van der Waals surface area contributed by atoms with Crippen LogP contribution in [-0.4, -0.2) is 25.2 Å². The van der Waals surface area contributed by atoms with E-state index in [0.29, 0.717) is 18.9 Å². The minimum absolute atomic E-state index is 0.205. The van der Waals surface area contributed by atoms with E-state index >= 15 is 0 Å². The molecule has 3 aromatic rings. The molecular formula is C22H25NO4. The van der Waals surface area contributed by atoms with Crippen LogP contribution in [0.5, 0.6) is 5.75 Å². The number of amides is 1. The summed E-state index contributed by atoms with van der Waals surface area (Å²) in [6.07, 6.45) is 0.971. The van der Waals surface area contributed by atoms with Gasteiger partial charge in [-0.1, -0.05) is 30.3 Å². The maximum absolute atomic E-state index is 12.1. The molecule has 1 aromatic heterocycles. The summed E-state index contributed by atoms with van der Waals surface area (Å²) < 4.78 is 16.8. The molecule has 3 rings (SSSR count). The van der Waals surface area contributed by atoms with Crippen LogP contribution < -0.4 is 10.1 Å². The maximum atomic E-state index is 12.1. The lowest BCUT2D eigenvalue weighted by atomic mass is 10.1. The highest BCUT2D eigenvalue weighted by molar-refractivity contribution is 5.91. The van der Waals surface area contributed by atoms with E-state index in [0.717, 1.165) is 17.6 Å². The van der Waals surface area contributed by atoms with Gasteiger partial charge in [-0.3, -0.25) is 4.79 Å². The molecule has 0 atom stereocenters. The molecule has 142 valence electrons. The van der Waals surface area contributed by atoms with Crippen LogP contribution >= 0.6 is 0 Å². The van der Waals surface area contributed by atoms with Gasteiger partial charge >= 0.3 is 0 Å². The lowest BCUT2D eigenvalue weighted by Crippen LogP contribution is -2.25. The van der Waals surface area contributed by atoms with Gasteiger partial charge in [0.25, 0.3) is 5.91 Å². The summed E-state index contributed by atoms with van der Waals surface area (Å²) in [7, 11) is 0. The quantitative estimate of drug-likeness (QED) is 0.563. The third kappa shape index (κ3) is 5.59. The van der Waals surface area contributed by atoms with Crippen molar-refractivity contribution in [3.8, 4) is 5.75 Å². The van der Waals surface area contributed by atoms with Crippen molar-refractivity contribution in [1.29, 1.82) is 0 Å². The van der Waals surface area contributed by atoms with Crippen LogP contribution in [0.15, 0.2) is 59.0 Å². The van der Waals surface area contributed by atoms with Crippen molar-refractivity contribution in [2.45, 2.75) is 33.0 Å². The molecule has 0 fully saturated rings. The Balaban J connectivity index is 1.47. The van der Waals surface area contributed by atoms with E-state index in [4.69, 9.17) is 13.9 Å². The second kappa shape index (κ2) is 9.24. The molecule has 5 nitrogen and oxygen atoms in total. The van der Waals surface area contributed by atoms with Crippen LogP contribution in [0.3, 0.4) is 0 Å².